The number of hydrogen-bond acceptors (Lipinski definition) is 4. The van der Waals surface area contributed by atoms with E-state index in [1.54, 1.807) is 12.1 Å². The van der Waals surface area contributed by atoms with Crippen LogP contribution in [0.3, 0.4) is 0 Å². The van der Waals surface area contributed by atoms with Gasteiger partial charge in [0, 0.05) is 39.3 Å². The molecule has 1 fully saturated rings. The van der Waals surface area contributed by atoms with Crippen LogP contribution in [0.15, 0.2) is 24.3 Å². The van der Waals surface area contributed by atoms with Crippen molar-refractivity contribution < 1.29 is 9.59 Å². The van der Waals surface area contributed by atoms with Gasteiger partial charge in [-0.25, -0.2) is 0 Å². The molecule has 0 aromatic heterocycles. The largest absolute Gasteiger partial charge is 0.341 e. The number of halogens is 1. The Bertz CT molecular complexity index is 663. The van der Waals surface area contributed by atoms with Crippen LogP contribution in [0.25, 0.3) is 0 Å². The monoisotopic (exact) mass is 422 g/mol. The summed E-state index contributed by atoms with van der Waals surface area (Å²) in [7, 11) is 0. The second-order valence-electron chi connectivity index (χ2n) is 8.67. The Labute approximate surface area is 180 Å². The van der Waals surface area contributed by atoms with Crippen LogP contribution < -0.4 is 5.32 Å². The van der Waals surface area contributed by atoms with Gasteiger partial charge in [0.15, 0.2) is 0 Å². The van der Waals surface area contributed by atoms with E-state index in [2.05, 4.69) is 42.8 Å². The minimum atomic E-state index is -0.0670. The molecular formula is C22H35ClN4O2. The van der Waals surface area contributed by atoms with Gasteiger partial charge in [-0.1, -0.05) is 51.4 Å². The van der Waals surface area contributed by atoms with Crippen LogP contribution >= 0.6 is 11.6 Å². The first kappa shape index (κ1) is 23.6. The quantitative estimate of drug-likeness (QED) is 0.664. The van der Waals surface area contributed by atoms with E-state index < -0.39 is 0 Å². The van der Waals surface area contributed by atoms with Gasteiger partial charge in [0.25, 0.3) is 0 Å². The van der Waals surface area contributed by atoms with Crippen LogP contribution in [0.5, 0.6) is 0 Å². The number of rotatable bonds is 9. The molecule has 162 valence electrons. The molecule has 1 N–H and O–H groups in total. The van der Waals surface area contributed by atoms with Crippen molar-refractivity contribution in [3.05, 3.63) is 29.3 Å². The maximum absolute atomic E-state index is 12.8. The number of piperazine rings is 1. The maximum Gasteiger partial charge on any atom is 0.238 e. The van der Waals surface area contributed by atoms with E-state index in [0.717, 1.165) is 39.3 Å². The fourth-order valence-corrected chi connectivity index (χ4v) is 3.69. The standard InChI is InChI=1S/C22H35ClN4O2/c1-17(2)13-27(14-18(3)4)22(29)16-26-11-9-25(10-12-26)15-21(28)24-20-8-6-5-7-19(20)23/h5-8,17-18H,9-16H2,1-4H3,(H,24,28). The van der Waals surface area contributed by atoms with Crippen LogP contribution in [0.2, 0.25) is 5.02 Å². The third kappa shape index (κ3) is 8.33. The van der Waals surface area contributed by atoms with E-state index in [-0.39, 0.29) is 11.8 Å². The normalized spacial score (nSPS) is 15.7. The summed E-state index contributed by atoms with van der Waals surface area (Å²) in [5, 5.41) is 3.40. The molecule has 0 atom stereocenters. The predicted molar refractivity (Wildman–Crippen MR) is 119 cm³/mol. The Hall–Kier alpha value is -1.63. The van der Waals surface area contributed by atoms with Gasteiger partial charge in [-0.2, -0.15) is 0 Å². The van der Waals surface area contributed by atoms with E-state index in [0.29, 0.717) is 35.6 Å². The number of carbonyl (C=O) groups excluding carboxylic acids is 2. The molecule has 1 aromatic rings. The van der Waals surface area contributed by atoms with Gasteiger partial charge >= 0.3 is 0 Å². The summed E-state index contributed by atoms with van der Waals surface area (Å²) < 4.78 is 0. The number of carbonyl (C=O) groups is 2. The molecule has 1 aliphatic heterocycles. The minimum absolute atomic E-state index is 0.0670. The maximum atomic E-state index is 12.8. The van der Waals surface area contributed by atoms with Crippen LogP contribution in [-0.2, 0) is 9.59 Å². The van der Waals surface area contributed by atoms with Crippen molar-refractivity contribution in [1.82, 2.24) is 14.7 Å². The number of hydrogen-bond donors (Lipinski definition) is 1. The highest BCUT2D eigenvalue weighted by Crippen LogP contribution is 2.20. The molecule has 7 heteroatoms. The van der Waals surface area contributed by atoms with Crippen molar-refractivity contribution in [3.8, 4) is 0 Å². The van der Waals surface area contributed by atoms with Gasteiger partial charge in [0.2, 0.25) is 11.8 Å². The summed E-state index contributed by atoms with van der Waals surface area (Å²) in [6, 6.07) is 7.24. The highest BCUT2D eigenvalue weighted by atomic mass is 35.5. The zero-order valence-electron chi connectivity index (χ0n) is 18.2. The van der Waals surface area contributed by atoms with Crippen molar-refractivity contribution in [3.63, 3.8) is 0 Å². The first-order chi connectivity index (χ1) is 13.7. The molecule has 1 aliphatic rings. The topological polar surface area (TPSA) is 55.9 Å². The van der Waals surface area contributed by atoms with Gasteiger partial charge in [-0.15, -0.1) is 0 Å². The first-order valence-electron chi connectivity index (χ1n) is 10.5. The highest BCUT2D eigenvalue weighted by Gasteiger charge is 2.23. The molecule has 0 spiro atoms. The molecule has 0 saturated carbocycles. The van der Waals surface area contributed by atoms with E-state index in [4.69, 9.17) is 11.6 Å². The van der Waals surface area contributed by atoms with E-state index >= 15 is 0 Å². The summed E-state index contributed by atoms with van der Waals surface area (Å²) in [5.74, 6) is 1.07. The van der Waals surface area contributed by atoms with Crippen LogP contribution in [-0.4, -0.2) is 78.9 Å². The molecule has 1 saturated heterocycles. The molecule has 1 aromatic carbocycles. The van der Waals surface area contributed by atoms with Crippen molar-refractivity contribution in [2.45, 2.75) is 27.7 Å². The van der Waals surface area contributed by atoms with Crippen LogP contribution in [0, 0.1) is 11.8 Å². The number of anilines is 1. The number of amides is 2. The van der Waals surface area contributed by atoms with Crippen LogP contribution in [0.4, 0.5) is 5.69 Å². The Morgan fingerprint density at radius 3 is 2.00 bits per heavy atom. The SMILES string of the molecule is CC(C)CN(CC(C)C)C(=O)CN1CCN(CC(=O)Nc2ccccc2Cl)CC1. The summed E-state index contributed by atoms with van der Waals surface area (Å²) in [6.07, 6.45) is 0. The van der Waals surface area contributed by atoms with E-state index in [1.807, 2.05) is 17.0 Å². The van der Waals surface area contributed by atoms with Gasteiger partial charge in [-0.3, -0.25) is 19.4 Å². The average molecular weight is 423 g/mol. The number of benzene rings is 1. The van der Waals surface area contributed by atoms with E-state index in [9.17, 15) is 9.59 Å². The van der Waals surface area contributed by atoms with Crippen LogP contribution in [0.1, 0.15) is 27.7 Å². The second-order valence-corrected chi connectivity index (χ2v) is 9.07. The Morgan fingerprint density at radius 1 is 0.966 bits per heavy atom. The number of nitrogens with one attached hydrogen (secondary N) is 1. The Morgan fingerprint density at radius 2 is 1.48 bits per heavy atom. The third-order valence-corrected chi connectivity index (χ3v) is 5.19. The highest BCUT2D eigenvalue weighted by molar-refractivity contribution is 6.33. The molecule has 29 heavy (non-hydrogen) atoms. The van der Waals surface area contributed by atoms with Crippen molar-refractivity contribution in [2.24, 2.45) is 11.8 Å². The molecule has 1 heterocycles. The Balaban J connectivity index is 1.77. The third-order valence-electron chi connectivity index (χ3n) is 4.86. The van der Waals surface area contributed by atoms with Crippen molar-refractivity contribution >= 4 is 29.1 Å². The number of para-hydroxylation sites is 1. The fraction of sp³-hybridized carbons (Fsp3) is 0.636. The molecule has 0 unspecified atom stereocenters. The van der Waals surface area contributed by atoms with Gasteiger partial charge < -0.3 is 10.2 Å². The fourth-order valence-electron chi connectivity index (χ4n) is 3.51. The lowest BCUT2D eigenvalue weighted by molar-refractivity contribution is -0.134. The summed E-state index contributed by atoms with van der Waals surface area (Å²) >= 11 is 6.10. The molecule has 6 nitrogen and oxygen atoms in total. The zero-order chi connectivity index (χ0) is 21.4. The van der Waals surface area contributed by atoms with Crippen molar-refractivity contribution in [2.75, 3.05) is 57.7 Å². The lowest BCUT2D eigenvalue weighted by Gasteiger charge is -2.35. The molecule has 2 rings (SSSR count). The molecular weight excluding hydrogens is 388 g/mol. The minimum Gasteiger partial charge on any atom is -0.341 e. The van der Waals surface area contributed by atoms with Gasteiger partial charge in [0.05, 0.1) is 23.8 Å². The lowest BCUT2D eigenvalue weighted by atomic mass is 10.1. The van der Waals surface area contributed by atoms with Gasteiger partial charge in [0.1, 0.15) is 0 Å². The van der Waals surface area contributed by atoms with E-state index in [1.165, 1.54) is 0 Å². The second kappa shape index (κ2) is 11.5. The molecule has 0 bridgehead atoms. The summed E-state index contributed by atoms with van der Waals surface area (Å²) in [6.45, 7) is 14.1. The predicted octanol–water partition coefficient (Wildman–Crippen LogP) is 3.04. The Kier molecular flexibility index (Phi) is 9.40. The summed E-state index contributed by atoms with van der Waals surface area (Å²) in [4.78, 5) is 31.4. The average Bonchev–Trinajstić information content (AvgIpc) is 2.64. The lowest BCUT2D eigenvalue weighted by Crippen LogP contribution is -2.52. The van der Waals surface area contributed by atoms with Gasteiger partial charge in [-0.05, 0) is 24.0 Å². The smallest absolute Gasteiger partial charge is 0.238 e. The first-order valence-corrected chi connectivity index (χ1v) is 10.9. The molecule has 2 amide bonds. The van der Waals surface area contributed by atoms with Crippen molar-refractivity contribution in [1.29, 1.82) is 0 Å². The zero-order valence-corrected chi connectivity index (χ0v) is 18.9. The summed E-state index contributed by atoms with van der Waals surface area (Å²) in [5.41, 5.74) is 0.638. The molecule has 0 aliphatic carbocycles. The molecule has 0 radical (unpaired) electrons. The number of nitrogens with zero attached hydrogens (tertiary/aromatic N) is 3.